The summed E-state index contributed by atoms with van der Waals surface area (Å²) in [5.74, 6) is 0.252. The largest absolute Gasteiger partial charge is 0.394 e. The standard InChI is InChI=1S/C47H80O19/c1-20(29(50)34(55)39(59)44(4,5)60)21-13-14-47(8)27-11-9-22-23(45(27,6)15-16-46(21,47)7)10-12-28(43(22,2)3)65-42-37(58)33(54)38(66-41-35(56)30(51)24(49)18-61-41)26(64-42)19-62-40-36(57)32(53)31(52)25(17-48)63-40/h9,20-21,23-42,48-60H,10-19H2,1-8H3/t20-,21-,23+,24-,25?,26?,27-,28+,29?,30?,31-,32?,33?,34+,35?,36?,37?,38-,39-,40-,41+,42+,45+,46-,47-/m1/s1. The van der Waals surface area contributed by atoms with Gasteiger partial charge in [-0.3, -0.25) is 0 Å². The minimum absolute atomic E-state index is 0.0742. The number of hydrogen-bond acceptors (Lipinski definition) is 19. The van der Waals surface area contributed by atoms with E-state index >= 15 is 0 Å². The second-order valence-corrected chi connectivity index (χ2v) is 22.8. The van der Waals surface area contributed by atoms with Crippen LogP contribution in [0.5, 0.6) is 0 Å². The molecule has 25 atom stereocenters. The number of allylic oxidation sites excluding steroid dienone is 1. The molecular formula is C47H80O19. The lowest BCUT2D eigenvalue weighted by Crippen LogP contribution is -2.65. The third kappa shape index (κ3) is 8.89. The van der Waals surface area contributed by atoms with Gasteiger partial charge in [0.15, 0.2) is 18.9 Å². The molecule has 0 spiro atoms. The molecule has 9 unspecified atom stereocenters. The Morgan fingerprint density at radius 2 is 1.35 bits per heavy atom. The maximum atomic E-state index is 11.7. The first-order valence-corrected chi connectivity index (χ1v) is 24.0. The first-order chi connectivity index (χ1) is 30.6. The van der Waals surface area contributed by atoms with E-state index in [1.54, 1.807) is 0 Å². The highest BCUT2D eigenvalue weighted by Crippen LogP contribution is 2.75. The van der Waals surface area contributed by atoms with Crippen LogP contribution in [0.15, 0.2) is 11.6 Å². The topological polar surface area (TPSA) is 318 Å². The quantitative estimate of drug-likeness (QED) is 0.0940. The minimum Gasteiger partial charge on any atom is -0.394 e. The monoisotopic (exact) mass is 949 g/mol. The Bertz CT molecular complexity index is 1690. The average Bonchev–Trinajstić information content (AvgIpc) is 3.54. The molecule has 3 saturated heterocycles. The lowest BCUT2D eigenvalue weighted by molar-refractivity contribution is -0.366. The van der Waals surface area contributed by atoms with Crippen molar-refractivity contribution in [2.75, 3.05) is 19.8 Å². The first kappa shape index (κ1) is 52.8. The summed E-state index contributed by atoms with van der Waals surface area (Å²) in [5.41, 5.74) is -1.27. The molecule has 0 bridgehead atoms. The van der Waals surface area contributed by atoms with Gasteiger partial charge in [-0.25, -0.2) is 0 Å². The summed E-state index contributed by atoms with van der Waals surface area (Å²) in [5, 5.41) is 139. The summed E-state index contributed by atoms with van der Waals surface area (Å²) in [6.07, 6.45) is -18.8. The zero-order valence-electron chi connectivity index (χ0n) is 39.6. The van der Waals surface area contributed by atoms with Gasteiger partial charge in [0.2, 0.25) is 0 Å². The number of aliphatic hydroxyl groups is 13. The average molecular weight is 949 g/mol. The molecule has 13 N–H and O–H groups in total. The second-order valence-electron chi connectivity index (χ2n) is 22.8. The van der Waals surface area contributed by atoms with Crippen LogP contribution in [-0.2, 0) is 28.4 Å². The van der Waals surface area contributed by atoms with Gasteiger partial charge in [-0.05, 0) is 98.7 Å². The van der Waals surface area contributed by atoms with Crippen LogP contribution in [0, 0.1) is 45.3 Å². The van der Waals surface area contributed by atoms with Crippen LogP contribution in [0.3, 0.4) is 0 Å². The molecule has 66 heavy (non-hydrogen) atoms. The Morgan fingerprint density at radius 1 is 0.712 bits per heavy atom. The SMILES string of the molecule is C[C@@H](C(O)[C@H](O)[C@@H](O)C(C)(C)O)[C@H]1CC[C@]2(C)[C@@H]3CC=C4[C@H](CC[C@H](O[C@@H]5OC(CO[C@@H]6OC(CO)[C@@H](O)C(O)C6O)[C@@H](O[C@@H]6OC[C@@H](O)C(O)C6O)C(O)C5O)C4(C)C)[C@]3(C)CC[C@]12C. The van der Waals surface area contributed by atoms with Gasteiger partial charge in [0, 0.05) is 5.41 Å². The van der Waals surface area contributed by atoms with Crippen molar-refractivity contribution in [3.63, 3.8) is 0 Å². The van der Waals surface area contributed by atoms with E-state index in [9.17, 15) is 66.4 Å². The molecule has 3 aliphatic heterocycles. The van der Waals surface area contributed by atoms with E-state index in [-0.39, 0.29) is 34.0 Å². The van der Waals surface area contributed by atoms with Crippen LogP contribution >= 0.6 is 0 Å². The molecule has 0 aromatic carbocycles. The summed E-state index contributed by atoms with van der Waals surface area (Å²) in [6, 6.07) is 0. The molecule has 19 heteroatoms. The number of fused-ring (bicyclic) bond motifs is 5. The Balaban J connectivity index is 1.08. The van der Waals surface area contributed by atoms with Crippen molar-refractivity contribution >= 4 is 0 Å². The van der Waals surface area contributed by atoms with Crippen molar-refractivity contribution < 1.29 is 94.8 Å². The van der Waals surface area contributed by atoms with Crippen LogP contribution in [-0.4, -0.2) is 202 Å². The summed E-state index contributed by atoms with van der Waals surface area (Å²) >= 11 is 0. The third-order valence-electron chi connectivity index (χ3n) is 18.4. The van der Waals surface area contributed by atoms with E-state index in [1.165, 1.54) is 19.4 Å². The summed E-state index contributed by atoms with van der Waals surface area (Å²) in [7, 11) is 0. The molecule has 0 radical (unpaired) electrons. The molecule has 3 saturated carbocycles. The fourth-order valence-electron chi connectivity index (χ4n) is 13.9. The number of aliphatic hydroxyl groups excluding tert-OH is 12. The van der Waals surface area contributed by atoms with Crippen molar-refractivity contribution in [1.82, 2.24) is 0 Å². The molecule has 7 rings (SSSR count). The zero-order chi connectivity index (χ0) is 48.8. The van der Waals surface area contributed by atoms with E-state index in [0.29, 0.717) is 12.3 Å². The highest BCUT2D eigenvalue weighted by Gasteiger charge is 2.68. The summed E-state index contributed by atoms with van der Waals surface area (Å²) in [6.45, 7) is 14.5. The lowest BCUT2D eigenvalue weighted by atomic mass is 9.39. The van der Waals surface area contributed by atoms with Gasteiger partial charge in [0.25, 0.3) is 0 Å². The molecule has 19 nitrogen and oxygen atoms in total. The molecular weight excluding hydrogens is 868 g/mol. The fraction of sp³-hybridized carbons (Fsp3) is 0.957. The minimum atomic E-state index is -1.76. The van der Waals surface area contributed by atoms with Crippen LogP contribution in [0.2, 0.25) is 0 Å². The van der Waals surface area contributed by atoms with Crippen molar-refractivity contribution in [2.24, 2.45) is 45.3 Å². The predicted molar refractivity (Wildman–Crippen MR) is 230 cm³/mol. The van der Waals surface area contributed by atoms with E-state index in [0.717, 1.165) is 38.5 Å². The van der Waals surface area contributed by atoms with Crippen LogP contribution in [0.4, 0.5) is 0 Å². The third-order valence-corrected chi connectivity index (χ3v) is 18.4. The van der Waals surface area contributed by atoms with E-state index in [1.807, 2.05) is 6.92 Å². The van der Waals surface area contributed by atoms with Crippen molar-refractivity contribution in [3.8, 4) is 0 Å². The molecule has 4 aliphatic carbocycles. The van der Waals surface area contributed by atoms with E-state index in [4.69, 9.17) is 28.4 Å². The van der Waals surface area contributed by atoms with E-state index < -0.39 is 141 Å². The van der Waals surface area contributed by atoms with Crippen molar-refractivity contribution in [1.29, 1.82) is 0 Å². The fourth-order valence-corrected chi connectivity index (χ4v) is 13.9. The summed E-state index contributed by atoms with van der Waals surface area (Å²) < 4.78 is 35.7. The van der Waals surface area contributed by atoms with Gasteiger partial charge in [0.1, 0.15) is 79.4 Å². The van der Waals surface area contributed by atoms with Crippen molar-refractivity contribution in [2.45, 2.75) is 216 Å². The Kier molecular flexibility index (Phi) is 15.4. The van der Waals surface area contributed by atoms with Gasteiger partial charge in [-0.1, -0.05) is 53.2 Å². The molecule has 0 aromatic heterocycles. The second kappa shape index (κ2) is 19.2. The molecule has 382 valence electrons. The highest BCUT2D eigenvalue weighted by molar-refractivity contribution is 5.30. The van der Waals surface area contributed by atoms with Gasteiger partial charge >= 0.3 is 0 Å². The first-order valence-electron chi connectivity index (χ1n) is 24.0. The molecule has 0 amide bonds. The van der Waals surface area contributed by atoms with Gasteiger partial charge in [-0.2, -0.15) is 0 Å². The smallest absolute Gasteiger partial charge is 0.187 e. The van der Waals surface area contributed by atoms with Gasteiger partial charge in [0.05, 0.1) is 37.6 Å². The maximum Gasteiger partial charge on any atom is 0.187 e. The Morgan fingerprint density at radius 3 is 2.00 bits per heavy atom. The zero-order valence-corrected chi connectivity index (χ0v) is 39.6. The van der Waals surface area contributed by atoms with Crippen molar-refractivity contribution in [3.05, 3.63) is 11.6 Å². The molecule has 0 aromatic rings. The molecule has 6 fully saturated rings. The number of rotatable bonds is 13. The van der Waals surface area contributed by atoms with Crippen LogP contribution in [0.1, 0.15) is 100 Å². The lowest BCUT2D eigenvalue weighted by Gasteiger charge is -2.66. The highest BCUT2D eigenvalue weighted by atomic mass is 16.8. The Labute approximate surface area is 387 Å². The van der Waals surface area contributed by atoms with Gasteiger partial charge in [-0.15, -0.1) is 0 Å². The van der Waals surface area contributed by atoms with Crippen LogP contribution < -0.4 is 0 Å². The molecule has 7 aliphatic rings. The summed E-state index contributed by atoms with van der Waals surface area (Å²) in [4.78, 5) is 0. The maximum absolute atomic E-state index is 11.7. The molecule has 3 heterocycles. The predicted octanol–water partition coefficient (Wildman–Crippen LogP) is -1.45. The number of hydrogen-bond donors (Lipinski definition) is 13. The van der Waals surface area contributed by atoms with Crippen LogP contribution in [0.25, 0.3) is 0 Å². The number of ether oxygens (including phenoxy) is 6. The van der Waals surface area contributed by atoms with E-state index in [2.05, 4.69) is 40.7 Å². The Hall–Kier alpha value is -1.02. The normalized spacial score (nSPS) is 50.3. The van der Waals surface area contributed by atoms with Gasteiger partial charge < -0.3 is 94.8 Å².